The second-order valence-electron chi connectivity index (χ2n) is 5.55. The molecule has 1 aromatic carbocycles. The van der Waals surface area contributed by atoms with E-state index in [-0.39, 0.29) is 0 Å². The Balaban J connectivity index is 2.00. The van der Waals surface area contributed by atoms with E-state index in [1.165, 1.54) is 5.56 Å². The van der Waals surface area contributed by atoms with Crippen molar-refractivity contribution < 1.29 is 4.74 Å². The Morgan fingerprint density at radius 2 is 1.95 bits per heavy atom. The lowest BCUT2D eigenvalue weighted by atomic mass is 10.2. The van der Waals surface area contributed by atoms with Gasteiger partial charge in [-0.1, -0.05) is 29.8 Å². The fourth-order valence-corrected chi connectivity index (χ4v) is 2.21. The Hall–Kier alpha value is -1.39. The number of nitrogens with zero attached hydrogens (tertiary/aromatic N) is 1. The SMILES string of the molecule is Cc1cc(CNCC(C)C)cnc1Oc1ccc(Br)cc1. The highest BCUT2D eigenvalue weighted by Crippen LogP contribution is 2.24. The predicted octanol–water partition coefficient (Wildman–Crippen LogP) is 4.69. The summed E-state index contributed by atoms with van der Waals surface area (Å²) in [5.41, 5.74) is 2.22. The van der Waals surface area contributed by atoms with Crippen molar-refractivity contribution in [3.63, 3.8) is 0 Å². The van der Waals surface area contributed by atoms with Gasteiger partial charge in [-0.15, -0.1) is 0 Å². The van der Waals surface area contributed by atoms with E-state index in [0.29, 0.717) is 11.8 Å². The molecule has 1 N–H and O–H groups in total. The summed E-state index contributed by atoms with van der Waals surface area (Å²) in [6.07, 6.45) is 1.87. The van der Waals surface area contributed by atoms with Crippen LogP contribution in [0.1, 0.15) is 25.0 Å². The van der Waals surface area contributed by atoms with Crippen LogP contribution in [0, 0.1) is 12.8 Å². The maximum atomic E-state index is 5.81. The molecule has 0 bridgehead atoms. The third-order valence-electron chi connectivity index (χ3n) is 3.00. The van der Waals surface area contributed by atoms with Crippen molar-refractivity contribution in [1.82, 2.24) is 10.3 Å². The minimum absolute atomic E-state index is 0.652. The number of aromatic nitrogens is 1. The number of nitrogens with one attached hydrogen (secondary N) is 1. The number of pyridine rings is 1. The first kappa shape index (κ1) is 16.0. The van der Waals surface area contributed by atoms with E-state index in [1.807, 2.05) is 37.4 Å². The molecule has 0 atom stereocenters. The topological polar surface area (TPSA) is 34.2 Å². The average molecular weight is 349 g/mol. The fraction of sp³-hybridized carbons (Fsp3) is 0.353. The fourth-order valence-electron chi connectivity index (χ4n) is 1.94. The number of halogens is 1. The van der Waals surface area contributed by atoms with Crippen LogP contribution in [-0.2, 0) is 6.54 Å². The first-order valence-electron chi connectivity index (χ1n) is 7.14. The van der Waals surface area contributed by atoms with Gasteiger partial charge in [-0.3, -0.25) is 0 Å². The third-order valence-corrected chi connectivity index (χ3v) is 3.53. The summed E-state index contributed by atoms with van der Waals surface area (Å²) in [5.74, 6) is 2.10. The van der Waals surface area contributed by atoms with Gasteiger partial charge in [-0.05, 0) is 55.3 Å². The zero-order valence-electron chi connectivity index (χ0n) is 12.7. The Kier molecular flexibility index (Phi) is 5.76. The summed E-state index contributed by atoms with van der Waals surface area (Å²) in [5, 5.41) is 3.42. The molecule has 2 aromatic rings. The van der Waals surface area contributed by atoms with Crippen LogP contribution in [0.3, 0.4) is 0 Å². The van der Waals surface area contributed by atoms with Gasteiger partial charge in [-0.2, -0.15) is 0 Å². The molecule has 0 saturated carbocycles. The Morgan fingerprint density at radius 1 is 1.24 bits per heavy atom. The van der Waals surface area contributed by atoms with Crippen molar-refractivity contribution in [1.29, 1.82) is 0 Å². The van der Waals surface area contributed by atoms with Gasteiger partial charge in [0.25, 0.3) is 0 Å². The summed E-state index contributed by atoms with van der Waals surface area (Å²) in [7, 11) is 0. The van der Waals surface area contributed by atoms with Gasteiger partial charge in [0, 0.05) is 22.8 Å². The molecule has 112 valence electrons. The van der Waals surface area contributed by atoms with Gasteiger partial charge >= 0.3 is 0 Å². The maximum Gasteiger partial charge on any atom is 0.222 e. The van der Waals surface area contributed by atoms with Gasteiger partial charge in [0.05, 0.1) is 0 Å². The summed E-state index contributed by atoms with van der Waals surface area (Å²) in [6, 6.07) is 9.87. The smallest absolute Gasteiger partial charge is 0.222 e. The van der Waals surface area contributed by atoms with Crippen LogP contribution < -0.4 is 10.1 Å². The van der Waals surface area contributed by atoms with Crippen molar-refractivity contribution in [3.05, 3.63) is 52.1 Å². The lowest BCUT2D eigenvalue weighted by Crippen LogP contribution is -2.19. The quantitative estimate of drug-likeness (QED) is 0.822. The zero-order valence-corrected chi connectivity index (χ0v) is 14.3. The van der Waals surface area contributed by atoms with Crippen molar-refractivity contribution in [2.24, 2.45) is 5.92 Å². The summed E-state index contributed by atoms with van der Waals surface area (Å²) in [4.78, 5) is 4.42. The number of ether oxygens (including phenoxy) is 1. The lowest BCUT2D eigenvalue weighted by Gasteiger charge is -2.11. The van der Waals surface area contributed by atoms with Gasteiger partial charge in [-0.25, -0.2) is 4.98 Å². The standard InChI is InChI=1S/C17H21BrN2O/c1-12(2)9-19-10-14-8-13(3)17(20-11-14)21-16-6-4-15(18)5-7-16/h4-8,11-12,19H,9-10H2,1-3H3. The molecule has 0 aliphatic rings. The first-order chi connectivity index (χ1) is 10.0. The average Bonchev–Trinajstić information content (AvgIpc) is 2.44. The first-order valence-corrected chi connectivity index (χ1v) is 7.93. The summed E-state index contributed by atoms with van der Waals surface area (Å²) in [6.45, 7) is 8.27. The van der Waals surface area contributed by atoms with E-state index in [1.54, 1.807) is 0 Å². The summed E-state index contributed by atoms with van der Waals surface area (Å²) < 4.78 is 6.84. The van der Waals surface area contributed by atoms with Crippen LogP contribution in [0.15, 0.2) is 41.0 Å². The molecular weight excluding hydrogens is 328 g/mol. The molecule has 1 heterocycles. The van der Waals surface area contributed by atoms with Crippen molar-refractivity contribution >= 4 is 15.9 Å². The molecule has 4 heteroatoms. The van der Waals surface area contributed by atoms with E-state index in [0.717, 1.165) is 28.9 Å². The van der Waals surface area contributed by atoms with Crippen molar-refractivity contribution in [2.45, 2.75) is 27.3 Å². The minimum atomic E-state index is 0.652. The molecule has 0 radical (unpaired) electrons. The van der Waals surface area contributed by atoms with Crippen LogP contribution in [0.4, 0.5) is 0 Å². The van der Waals surface area contributed by atoms with Crippen LogP contribution in [0.25, 0.3) is 0 Å². The Morgan fingerprint density at radius 3 is 2.57 bits per heavy atom. The van der Waals surface area contributed by atoms with Gasteiger partial charge in [0.1, 0.15) is 5.75 Å². The van der Waals surface area contributed by atoms with Gasteiger partial charge in [0.2, 0.25) is 5.88 Å². The molecule has 0 aliphatic heterocycles. The van der Waals surface area contributed by atoms with Gasteiger partial charge < -0.3 is 10.1 Å². The van der Waals surface area contributed by atoms with E-state index < -0.39 is 0 Å². The molecule has 3 nitrogen and oxygen atoms in total. The van der Waals surface area contributed by atoms with Crippen LogP contribution in [0.2, 0.25) is 0 Å². The third kappa shape index (κ3) is 5.14. The number of rotatable bonds is 6. The number of benzene rings is 1. The molecular formula is C17H21BrN2O. The predicted molar refractivity (Wildman–Crippen MR) is 89.7 cm³/mol. The van der Waals surface area contributed by atoms with E-state index >= 15 is 0 Å². The number of hydrogen-bond donors (Lipinski definition) is 1. The van der Waals surface area contributed by atoms with Crippen molar-refractivity contribution in [3.8, 4) is 11.6 Å². The molecule has 21 heavy (non-hydrogen) atoms. The molecule has 0 saturated heterocycles. The lowest BCUT2D eigenvalue weighted by molar-refractivity contribution is 0.458. The molecule has 0 aliphatic carbocycles. The normalized spacial score (nSPS) is 10.9. The van der Waals surface area contributed by atoms with Crippen LogP contribution >= 0.6 is 15.9 Å². The summed E-state index contributed by atoms with van der Waals surface area (Å²) >= 11 is 3.41. The monoisotopic (exact) mass is 348 g/mol. The van der Waals surface area contributed by atoms with E-state index in [9.17, 15) is 0 Å². The molecule has 0 spiro atoms. The Labute approximate surface area is 134 Å². The molecule has 1 aromatic heterocycles. The van der Waals surface area contributed by atoms with Gasteiger partial charge in [0.15, 0.2) is 0 Å². The number of hydrogen-bond acceptors (Lipinski definition) is 3. The molecule has 0 amide bonds. The molecule has 0 unspecified atom stereocenters. The van der Waals surface area contributed by atoms with Crippen LogP contribution in [0.5, 0.6) is 11.6 Å². The minimum Gasteiger partial charge on any atom is -0.439 e. The van der Waals surface area contributed by atoms with E-state index in [4.69, 9.17) is 4.74 Å². The highest BCUT2D eigenvalue weighted by atomic mass is 79.9. The highest BCUT2D eigenvalue weighted by Gasteiger charge is 2.05. The highest BCUT2D eigenvalue weighted by molar-refractivity contribution is 9.10. The largest absolute Gasteiger partial charge is 0.439 e. The maximum absolute atomic E-state index is 5.81. The van der Waals surface area contributed by atoms with Crippen LogP contribution in [-0.4, -0.2) is 11.5 Å². The van der Waals surface area contributed by atoms with Crippen molar-refractivity contribution in [2.75, 3.05) is 6.54 Å². The second-order valence-corrected chi connectivity index (χ2v) is 6.46. The molecule has 2 rings (SSSR count). The molecule has 0 fully saturated rings. The Bertz CT molecular complexity index is 582. The number of aryl methyl sites for hydroxylation is 1. The zero-order chi connectivity index (χ0) is 15.2. The second kappa shape index (κ2) is 7.57. The van der Waals surface area contributed by atoms with E-state index in [2.05, 4.69) is 46.1 Å².